The van der Waals surface area contributed by atoms with E-state index >= 15 is 0 Å². The highest BCUT2D eigenvalue weighted by atomic mass is 32.3. The quantitative estimate of drug-likeness (QED) is 0.658. The zero-order chi connectivity index (χ0) is 11.9. The molecular weight excluding hydrogens is 214 g/mol. The van der Waals surface area contributed by atoms with E-state index in [0.717, 1.165) is 0 Å². The van der Waals surface area contributed by atoms with Crippen LogP contribution in [0.25, 0.3) is 0 Å². The van der Waals surface area contributed by atoms with Crippen LogP contribution in [-0.2, 0) is 6.42 Å². The van der Waals surface area contributed by atoms with Gasteiger partial charge in [0.2, 0.25) is 0 Å². The minimum absolute atomic E-state index is 0.372. The Bertz CT molecular complexity index is 282. The van der Waals surface area contributed by atoms with Crippen molar-refractivity contribution >= 4 is 10.0 Å². The van der Waals surface area contributed by atoms with Gasteiger partial charge in [0.05, 0.1) is 0 Å². The predicted molar refractivity (Wildman–Crippen MR) is 76.6 cm³/mol. The first-order valence-electron chi connectivity index (χ1n) is 6.21. The minimum atomic E-state index is -0.372. The molecule has 1 nitrogen and oxygen atoms in total. The number of aromatic nitrogens is 1. The van der Waals surface area contributed by atoms with Crippen molar-refractivity contribution in [1.29, 1.82) is 0 Å². The van der Waals surface area contributed by atoms with Crippen LogP contribution in [-0.4, -0.2) is 29.0 Å². The van der Waals surface area contributed by atoms with Gasteiger partial charge in [-0.25, -0.2) is 10.0 Å². The van der Waals surface area contributed by atoms with Gasteiger partial charge in [-0.05, 0) is 54.6 Å². The molecule has 0 radical (unpaired) electrons. The lowest BCUT2D eigenvalue weighted by Gasteiger charge is -2.31. The summed E-state index contributed by atoms with van der Waals surface area (Å²) in [5.74, 6) is 2.80. The van der Waals surface area contributed by atoms with Gasteiger partial charge in [-0.1, -0.05) is 19.8 Å². The van der Waals surface area contributed by atoms with E-state index in [0.29, 0.717) is 0 Å². The van der Waals surface area contributed by atoms with Crippen molar-refractivity contribution in [2.24, 2.45) is 0 Å². The first kappa shape index (κ1) is 13.6. The molecule has 0 saturated carbocycles. The lowest BCUT2D eigenvalue weighted by molar-refractivity contribution is 0.776. The molecule has 0 bridgehead atoms. The van der Waals surface area contributed by atoms with Gasteiger partial charge >= 0.3 is 0 Å². The Hall–Kier alpha value is -0.500. The first-order valence-corrected chi connectivity index (χ1v) is 9.00. The summed E-state index contributed by atoms with van der Waals surface area (Å²) in [7, 11) is -0.372. The van der Waals surface area contributed by atoms with E-state index in [1.165, 1.54) is 42.8 Å². The van der Waals surface area contributed by atoms with E-state index < -0.39 is 0 Å². The van der Waals surface area contributed by atoms with Crippen LogP contribution in [0.5, 0.6) is 0 Å². The van der Waals surface area contributed by atoms with Crippen molar-refractivity contribution in [3.8, 4) is 0 Å². The average molecular weight is 239 g/mol. The van der Waals surface area contributed by atoms with E-state index in [4.69, 9.17) is 0 Å². The average Bonchev–Trinajstić information content (AvgIpc) is 2.28. The van der Waals surface area contributed by atoms with Gasteiger partial charge < -0.3 is 0 Å². The highest BCUT2D eigenvalue weighted by Gasteiger charge is 2.10. The van der Waals surface area contributed by atoms with Gasteiger partial charge in [-0.3, -0.25) is 4.98 Å². The molecule has 1 aromatic heterocycles. The van der Waals surface area contributed by atoms with Crippen molar-refractivity contribution in [1.82, 2.24) is 4.98 Å². The van der Waals surface area contributed by atoms with Gasteiger partial charge in [0.25, 0.3) is 0 Å². The molecular formula is C14H25NS. The minimum Gasteiger partial charge on any atom is -0.265 e. The van der Waals surface area contributed by atoms with Crippen molar-refractivity contribution in [3.63, 3.8) is 0 Å². The number of rotatable bonds is 7. The Kier molecular flexibility index (Phi) is 5.89. The maximum absolute atomic E-state index is 4.06. The van der Waals surface area contributed by atoms with Crippen molar-refractivity contribution in [2.75, 3.05) is 24.0 Å². The Labute approximate surface area is 102 Å². The third kappa shape index (κ3) is 5.55. The molecule has 0 amide bonds. The van der Waals surface area contributed by atoms with Crippen LogP contribution in [0.4, 0.5) is 0 Å². The molecule has 1 heterocycles. The summed E-state index contributed by atoms with van der Waals surface area (Å²) in [6.07, 6.45) is 14.1. The third-order valence-corrected chi connectivity index (χ3v) is 5.70. The first-order chi connectivity index (χ1) is 7.64. The number of hydrogen-bond donors (Lipinski definition) is 0. The van der Waals surface area contributed by atoms with Crippen LogP contribution >= 0.6 is 10.0 Å². The second kappa shape index (κ2) is 6.95. The molecule has 92 valence electrons. The summed E-state index contributed by atoms with van der Waals surface area (Å²) in [5, 5.41) is 0. The second-order valence-corrected chi connectivity index (χ2v) is 9.34. The van der Waals surface area contributed by atoms with E-state index in [2.05, 4.69) is 36.6 Å². The van der Waals surface area contributed by atoms with Crippen LogP contribution in [0, 0.1) is 0 Å². The van der Waals surface area contributed by atoms with Crippen LogP contribution in [0.15, 0.2) is 24.5 Å². The maximum Gasteiger partial charge on any atom is 0.0270 e. The molecule has 2 heteroatoms. The Balaban J connectivity index is 2.30. The molecule has 0 N–H and O–H groups in total. The normalized spacial score (nSPS) is 12.7. The fourth-order valence-electron chi connectivity index (χ4n) is 1.79. The number of pyridine rings is 1. The SMILES string of the molecule is CCCCCS(C)(C)CCc1ccncc1. The van der Waals surface area contributed by atoms with Gasteiger partial charge in [0, 0.05) is 12.4 Å². The molecule has 0 unspecified atom stereocenters. The van der Waals surface area contributed by atoms with Crippen molar-refractivity contribution in [3.05, 3.63) is 30.1 Å². The van der Waals surface area contributed by atoms with Crippen molar-refractivity contribution in [2.45, 2.75) is 32.6 Å². The summed E-state index contributed by atoms with van der Waals surface area (Å²) in [4.78, 5) is 4.06. The predicted octanol–water partition coefficient (Wildman–Crippen LogP) is 3.88. The molecule has 0 aromatic carbocycles. The fraction of sp³-hybridized carbons (Fsp3) is 0.643. The molecule has 1 rings (SSSR count). The smallest absolute Gasteiger partial charge is 0.0270 e. The summed E-state index contributed by atoms with van der Waals surface area (Å²) >= 11 is 0. The van der Waals surface area contributed by atoms with Gasteiger partial charge in [0.15, 0.2) is 0 Å². The zero-order valence-corrected chi connectivity index (χ0v) is 11.7. The summed E-state index contributed by atoms with van der Waals surface area (Å²) in [6.45, 7) is 2.28. The molecule has 0 atom stereocenters. The summed E-state index contributed by atoms with van der Waals surface area (Å²) in [6, 6.07) is 4.28. The Morgan fingerprint density at radius 3 is 2.38 bits per heavy atom. The number of unbranched alkanes of at least 4 members (excludes halogenated alkanes) is 2. The van der Waals surface area contributed by atoms with Crippen LogP contribution < -0.4 is 0 Å². The van der Waals surface area contributed by atoms with Gasteiger partial charge in [0.1, 0.15) is 0 Å². The van der Waals surface area contributed by atoms with Gasteiger partial charge in [-0.15, -0.1) is 0 Å². The van der Waals surface area contributed by atoms with Gasteiger partial charge in [-0.2, -0.15) is 0 Å². The number of aryl methyl sites for hydroxylation is 1. The highest BCUT2D eigenvalue weighted by molar-refractivity contribution is 8.32. The Morgan fingerprint density at radius 2 is 1.75 bits per heavy atom. The lowest BCUT2D eigenvalue weighted by Crippen LogP contribution is -2.08. The molecule has 0 saturated heterocycles. The van der Waals surface area contributed by atoms with E-state index in [-0.39, 0.29) is 10.0 Å². The fourth-order valence-corrected chi connectivity index (χ4v) is 3.77. The van der Waals surface area contributed by atoms with Crippen LogP contribution in [0.2, 0.25) is 0 Å². The largest absolute Gasteiger partial charge is 0.265 e. The van der Waals surface area contributed by atoms with Crippen LogP contribution in [0.3, 0.4) is 0 Å². The summed E-state index contributed by atoms with van der Waals surface area (Å²) < 4.78 is 0. The molecule has 0 fully saturated rings. The molecule has 1 aromatic rings. The van der Waals surface area contributed by atoms with Crippen LogP contribution in [0.1, 0.15) is 31.7 Å². The number of nitrogens with zero attached hydrogens (tertiary/aromatic N) is 1. The van der Waals surface area contributed by atoms with E-state index in [1.807, 2.05) is 12.4 Å². The summed E-state index contributed by atoms with van der Waals surface area (Å²) in [5.41, 5.74) is 1.44. The monoisotopic (exact) mass is 239 g/mol. The molecule has 0 spiro atoms. The standard InChI is InChI=1S/C14H25NS/c1-4-5-6-12-16(2,3)13-9-14-7-10-15-11-8-14/h7-8,10-11H,4-6,9,12-13H2,1-3H3. The maximum atomic E-state index is 4.06. The molecule has 0 aliphatic rings. The third-order valence-electron chi connectivity index (χ3n) is 2.99. The number of hydrogen-bond acceptors (Lipinski definition) is 1. The topological polar surface area (TPSA) is 12.9 Å². The zero-order valence-electron chi connectivity index (χ0n) is 10.9. The molecule has 0 aliphatic heterocycles. The highest BCUT2D eigenvalue weighted by Crippen LogP contribution is 2.41. The lowest BCUT2D eigenvalue weighted by atomic mass is 10.2. The second-order valence-electron chi connectivity index (χ2n) is 4.99. The van der Waals surface area contributed by atoms with E-state index in [9.17, 15) is 0 Å². The van der Waals surface area contributed by atoms with Crippen molar-refractivity contribution < 1.29 is 0 Å². The van der Waals surface area contributed by atoms with E-state index in [1.54, 1.807) is 0 Å². The molecule has 16 heavy (non-hydrogen) atoms. The Morgan fingerprint density at radius 1 is 1.06 bits per heavy atom. The molecule has 0 aliphatic carbocycles.